The molecule has 3 saturated heterocycles. The second kappa shape index (κ2) is 36.5. The van der Waals surface area contributed by atoms with Crippen LogP contribution in [0.4, 0.5) is 35.1 Å². The molecule has 0 radical (unpaired) electrons. The Morgan fingerprint density at radius 2 is 1.25 bits per heavy atom. The smallest absolute Gasteiger partial charge is 0.377 e. The molecule has 0 aromatic heterocycles. The molecule has 4 heterocycles. The Balaban J connectivity index is 1.19. The molecule has 2 unspecified atom stereocenters. The number of nitrogens with zero attached hydrogens (tertiary/aromatic N) is 9. The number of likely N-dealkylation sites (N-methyl/N-ethyl adjacent to an activating group) is 6. The van der Waals surface area contributed by atoms with Crippen LogP contribution in [-0.4, -0.2) is 288 Å². The van der Waals surface area contributed by atoms with Crippen LogP contribution in [0.1, 0.15) is 175 Å². The molecule has 0 aromatic rings. The predicted molar refractivity (Wildman–Crippen MR) is 374 cm³/mol. The fraction of sp³-hybridized carbons (Fsp3) is 0.811. The van der Waals surface area contributed by atoms with Crippen LogP contribution in [0.25, 0.3) is 0 Å². The molecule has 33 heteroatoms. The summed E-state index contributed by atoms with van der Waals surface area (Å²) < 4.78 is 121. The lowest BCUT2D eigenvalue weighted by molar-refractivity contribution is -0.219. The molecule has 12 atom stereocenters. The lowest BCUT2D eigenvalue weighted by Gasteiger charge is -2.46. The molecule has 12 amide bonds. The van der Waals surface area contributed by atoms with E-state index in [1.807, 2.05) is 0 Å². The van der Waals surface area contributed by atoms with Crippen molar-refractivity contribution in [3.8, 4) is 0 Å². The number of carbonyl (C=O) groups is 12. The van der Waals surface area contributed by atoms with Crippen LogP contribution in [0.15, 0.2) is 12.2 Å². The first kappa shape index (κ1) is 85.4. The Morgan fingerprint density at radius 3 is 1.83 bits per heavy atom. The third-order valence-electron chi connectivity index (χ3n) is 24.4. The van der Waals surface area contributed by atoms with Gasteiger partial charge < -0.3 is 64.8 Å². The van der Waals surface area contributed by atoms with E-state index in [9.17, 15) is 55.1 Å². The Labute approximate surface area is 622 Å². The van der Waals surface area contributed by atoms with Crippen molar-refractivity contribution in [2.45, 2.75) is 260 Å². The van der Waals surface area contributed by atoms with E-state index in [0.29, 0.717) is 64.5 Å². The molecule has 4 aliphatic carbocycles. The van der Waals surface area contributed by atoms with E-state index in [1.54, 1.807) is 37.8 Å². The van der Waals surface area contributed by atoms with Crippen molar-refractivity contribution < 1.29 is 97.4 Å². The van der Waals surface area contributed by atoms with Crippen LogP contribution >= 0.6 is 0 Å². The van der Waals surface area contributed by atoms with E-state index in [0.717, 1.165) is 24.5 Å². The number of hydrogen-bond acceptors (Lipinski definition) is 13. The topological polar surface area (TPSA) is 279 Å². The second-order valence-corrected chi connectivity index (χ2v) is 31.5. The normalized spacial score (nSPS) is 32.9. The number of nitrogens with one attached hydrogen (secondary N) is 3. The van der Waals surface area contributed by atoms with Gasteiger partial charge in [0.25, 0.3) is 0 Å². The summed E-state index contributed by atoms with van der Waals surface area (Å²) in [6, 6.07) is -11.3. The zero-order valence-electron chi connectivity index (χ0n) is 63.5. The summed E-state index contributed by atoms with van der Waals surface area (Å²) in [7, 11) is 8.00. The summed E-state index contributed by atoms with van der Waals surface area (Å²) in [6.45, 7) is 5.31. The molecule has 0 aromatic carbocycles. The molecule has 107 heavy (non-hydrogen) atoms. The lowest BCUT2D eigenvalue weighted by atomic mass is 9.74. The van der Waals surface area contributed by atoms with E-state index in [4.69, 9.17) is 4.74 Å². The number of fused-ring (bicyclic) bond motifs is 3. The fourth-order valence-corrected chi connectivity index (χ4v) is 17.2. The van der Waals surface area contributed by atoms with Crippen LogP contribution < -0.4 is 16.0 Å². The van der Waals surface area contributed by atoms with E-state index in [2.05, 4.69) is 16.0 Å². The van der Waals surface area contributed by atoms with Crippen LogP contribution in [-0.2, 0) is 62.3 Å². The van der Waals surface area contributed by atoms with Crippen molar-refractivity contribution in [2.75, 3.05) is 88.2 Å². The number of amides is 12. The van der Waals surface area contributed by atoms with E-state index in [1.165, 1.54) is 63.9 Å². The maximum Gasteiger partial charge on any atom is 0.397 e. The quantitative estimate of drug-likeness (QED) is 0.162. The van der Waals surface area contributed by atoms with Gasteiger partial charge in [0.2, 0.25) is 70.9 Å². The standard InChI is InChI=1S/C74H112F8N12O13/c1-11-43(3)61-69(104)87(6)42-59(97)89(8)53-23-14-13-17-34-93(68(53)103)56(37-45-24-27-48(28-25-45)73(77,78)79)66(101)86(5)41-57(95)83-52(29-26-46-35-50(75)60(51(76)36-46)74(80,81)82)65(100)94-40-49(107-12-2)38-54(94)64(99)85-72(30-20-31-72)71(106)91(10)62(47-21-15-16-22-47)70(105)90(9)55(67(102)92-32-18-19-33-92)39-58(96)88(7)44(4)63(98)84-61/h13-14,43-56,60-62H,11-12,15-42H2,1-10H3,(H,83,95)(H,84,98)(H,85,99)/b14-13-/t43-,44-,45?,46?,48?,49+,50?,51?,52-,53-,54-,55-,56-,60?,61-,62-/m0/s1. The van der Waals surface area contributed by atoms with Crippen molar-refractivity contribution in [3.63, 3.8) is 0 Å². The maximum atomic E-state index is 15.6. The highest BCUT2D eigenvalue weighted by Gasteiger charge is 2.56. The number of carbonyl (C=O) groups excluding carboxylic acids is 12. The fourth-order valence-electron chi connectivity index (χ4n) is 17.2. The predicted octanol–water partition coefficient (Wildman–Crippen LogP) is 5.86. The lowest BCUT2D eigenvalue weighted by Crippen LogP contribution is -2.68. The van der Waals surface area contributed by atoms with Crippen LogP contribution in [0, 0.1) is 35.5 Å². The summed E-state index contributed by atoms with van der Waals surface area (Å²) in [5, 5.41) is 8.34. The molecule has 25 nitrogen and oxygen atoms in total. The highest BCUT2D eigenvalue weighted by molar-refractivity contribution is 6.01. The molecule has 1 spiro atoms. The van der Waals surface area contributed by atoms with Gasteiger partial charge >= 0.3 is 12.4 Å². The molecule has 8 aliphatic rings. The van der Waals surface area contributed by atoms with Gasteiger partial charge in [-0.25, -0.2) is 8.78 Å². The number of ether oxygens (including phenoxy) is 1. The van der Waals surface area contributed by atoms with E-state index >= 15 is 37.5 Å². The highest BCUT2D eigenvalue weighted by atomic mass is 19.4. The van der Waals surface area contributed by atoms with E-state index < -0.39 is 230 Å². The SMILES string of the molecule is CCO[C@@H]1C[C@H]2C(=O)NC3(CCC3)C(=O)N(C)[C@@H](C3CCCC3)C(=O)N(C)[C@H](C(=O)N3CCCC3)CC(=O)N(C)[C@@H](C)C(=O)N[C@@H]([C@@H](C)CC)C(=O)N(C)CC(=O)N(C)[C@H]3C/C=C\CCN(C3=O)[C@@H](CC3CCC(C(F)(F)F)CC3)C(=O)N(C)CC(=O)N[C@@H](CCC3CC(F)C(C(F)(F)F)C(F)C3)C(=O)N2C1. The summed E-state index contributed by atoms with van der Waals surface area (Å²) >= 11 is 0. The molecule has 2 bridgehead atoms. The van der Waals surface area contributed by atoms with Gasteiger partial charge in [-0.15, -0.1) is 0 Å². The number of alkyl halides is 8. The highest BCUT2D eigenvalue weighted by Crippen LogP contribution is 2.46. The minimum absolute atomic E-state index is 0.00266. The monoisotopic (exact) mass is 1530 g/mol. The summed E-state index contributed by atoms with van der Waals surface area (Å²) in [5.74, 6) is -16.6. The molecule has 3 N–H and O–H groups in total. The van der Waals surface area contributed by atoms with Gasteiger partial charge in [-0.1, -0.05) is 45.3 Å². The molecule has 4 saturated carbocycles. The minimum Gasteiger partial charge on any atom is -0.377 e. The summed E-state index contributed by atoms with van der Waals surface area (Å²) in [5.41, 5.74) is -1.68. The summed E-state index contributed by atoms with van der Waals surface area (Å²) in [4.78, 5) is 191. The first-order chi connectivity index (χ1) is 50.3. The zero-order chi connectivity index (χ0) is 78.9. The number of rotatable bonds is 11. The molecule has 7 fully saturated rings. The van der Waals surface area contributed by atoms with Crippen molar-refractivity contribution in [3.05, 3.63) is 12.2 Å². The Morgan fingerprint density at radius 1 is 0.626 bits per heavy atom. The Kier molecular flexibility index (Phi) is 29.2. The maximum absolute atomic E-state index is 15.6. The Bertz CT molecular complexity index is 3220. The third kappa shape index (κ3) is 20.2. The van der Waals surface area contributed by atoms with Crippen molar-refractivity contribution in [1.82, 2.24) is 60.0 Å². The average Bonchev–Trinajstić information content (AvgIpc) is 1.71. The molecular formula is C74H112F8N12O13. The van der Waals surface area contributed by atoms with Gasteiger partial charge in [0.05, 0.1) is 31.5 Å². The van der Waals surface area contributed by atoms with Gasteiger partial charge in [0, 0.05) is 81.5 Å². The van der Waals surface area contributed by atoms with Gasteiger partial charge in [-0.2, -0.15) is 26.3 Å². The first-order valence-corrected chi connectivity index (χ1v) is 38.4. The van der Waals surface area contributed by atoms with Crippen molar-refractivity contribution in [2.24, 2.45) is 35.5 Å². The van der Waals surface area contributed by atoms with E-state index in [-0.39, 0.29) is 90.3 Å². The second-order valence-electron chi connectivity index (χ2n) is 31.5. The average molecular weight is 1530 g/mol. The van der Waals surface area contributed by atoms with Crippen molar-refractivity contribution >= 4 is 70.9 Å². The first-order valence-electron chi connectivity index (χ1n) is 38.4. The number of likely N-dealkylation sites (tertiary alicyclic amines) is 1. The molecule has 4 aliphatic heterocycles. The number of halogens is 8. The van der Waals surface area contributed by atoms with Gasteiger partial charge in [0.1, 0.15) is 72.1 Å². The number of hydrogen-bond donors (Lipinski definition) is 3. The van der Waals surface area contributed by atoms with Crippen LogP contribution in [0.2, 0.25) is 0 Å². The van der Waals surface area contributed by atoms with Crippen LogP contribution in [0.3, 0.4) is 0 Å². The van der Waals surface area contributed by atoms with Gasteiger partial charge in [-0.3, -0.25) is 57.5 Å². The molecule has 602 valence electrons. The Hall–Kier alpha value is -7.22. The van der Waals surface area contributed by atoms with Crippen LogP contribution in [0.5, 0.6) is 0 Å². The largest absolute Gasteiger partial charge is 0.397 e. The molecular weight excluding hydrogens is 1420 g/mol. The summed E-state index contributed by atoms with van der Waals surface area (Å²) in [6.07, 6.45) is -11.8. The third-order valence-corrected chi connectivity index (χ3v) is 24.4. The van der Waals surface area contributed by atoms with Gasteiger partial charge in [0.15, 0.2) is 0 Å². The minimum atomic E-state index is -5.22. The molecule has 8 rings (SSSR count). The van der Waals surface area contributed by atoms with Crippen molar-refractivity contribution in [1.29, 1.82) is 0 Å². The zero-order valence-corrected chi connectivity index (χ0v) is 63.5. The van der Waals surface area contributed by atoms with Gasteiger partial charge in [-0.05, 0) is 153 Å².